The summed E-state index contributed by atoms with van der Waals surface area (Å²) in [7, 11) is 1.32. The fraction of sp³-hybridized carbons (Fsp3) is 0.400. The van der Waals surface area contributed by atoms with Crippen LogP contribution in [-0.4, -0.2) is 29.8 Å². The molecule has 7 heteroatoms. The largest absolute Gasteiger partial charge is 0.482 e. The molecule has 0 unspecified atom stereocenters. The smallest absolute Gasteiger partial charge is 0.343 e. The van der Waals surface area contributed by atoms with Crippen molar-refractivity contribution in [2.75, 3.05) is 19.0 Å². The number of nitrogens with zero attached hydrogens (tertiary/aromatic N) is 2. The molecule has 2 rings (SSSR count). The molecule has 0 saturated carbocycles. The number of carbonyl (C=O) groups excluding carboxylic acids is 1. The van der Waals surface area contributed by atoms with Gasteiger partial charge in [-0.05, 0) is 30.7 Å². The molecule has 0 fully saturated rings. The summed E-state index contributed by atoms with van der Waals surface area (Å²) in [6.45, 7) is 4.26. The molecule has 0 radical (unpaired) electrons. The molecule has 0 aliphatic carbocycles. The van der Waals surface area contributed by atoms with E-state index in [1.165, 1.54) is 7.11 Å². The Labute approximate surface area is 128 Å². The van der Waals surface area contributed by atoms with Gasteiger partial charge < -0.3 is 19.3 Å². The highest BCUT2D eigenvalue weighted by Crippen LogP contribution is 2.21. The molecular formula is C15H19N3O4. The molecule has 0 bridgehead atoms. The Bertz CT molecular complexity index is 639. The molecule has 0 aliphatic rings. The number of aromatic nitrogens is 2. The summed E-state index contributed by atoms with van der Waals surface area (Å²) in [6.07, 6.45) is 0.745. The van der Waals surface area contributed by atoms with Crippen LogP contribution in [0.2, 0.25) is 0 Å². The second-order valence-electron chi connectivity index (χ2n) is 4.65. The molecule has 22 heavy (non-hydrogen) atoms. The van der Waals surface area contributed by atoms with Crippen LogP contribution in [0.1, 0.15) is 24.2 Å². The van der Waals surface area contributed by atoms with Crippen molar-refractivity contribution in [3.63, 3.8) is 0 Å². The Morgan fingerprint density at radius 1 is 1.41 bits per heavy atom. The number of carbonyl (C=O) groups is 1. The van der Waals surface area contributed by atoms with Gasteiger partial charge in [0.25, 0.3) is 0 Å². The third kappa shape index (κ3) is 4.21. The van der Waals surface area contributed by atoms with E-state index < -0.39 is 5.97 Å². The number of rotatable bonds is 7. The number of esters is 1. The van der Waals surface area contributed by atoms with Crippen molar-refractivity contribution < 1.29 is 18.8 Å². The van der Waals surface area contributed by atoms with Crippen molar-refractivity contribution in [3.8, 4) is 5.75 Å². The van der Waals surface area contributed by atoms with Gasteiger partial charge in [-0.3, -0.25) is 0 Å². The highest BCUT2D eigenvalue weighted by Gasteiger charge is 2.07. The van der Waals surface area contributed by atoms with Gasteiger partial charge >= 0.3 is 5.97 Å². The maximum atomic E-state index is 11.0. The predicted octanol–water partition coefficient (Wildman–Crippen LogP) is 2.10. The van der Waals surface area contributed by atoms with E-state index in [4.69, 9.17) is 9.26 Å². The van der Waals surface area contributed by atoms with Crippen LogP contribution in [0, 0.1) is 6.92 Å². The maximum absolute atomic E-state index is 11.0. The summed E-state index contributed by atoms with van der Waals surface area (Å²) in [5.41, 5.74) is 1.92. The molecule has 1 aromatic carbocycles. The predicted molar refractivity (Wildman–Crippen MR) is 79.7 cm³/mol. The zero-order chi connectivity index (χ0) is 15.9. The SMILES string of the molecule is CCc1noc(CNc2ccc(OCC(=O)OC)cc2C)n1. The van der Waals surface area contributed by atoms with Gasteiger partial charge in [0.2, 0.25) is 5.89 Å². The second kappa shape index (κ2) is 7.44. The molecule has 0 amide bonds. The van der Waals surface area contributed by atoms with Gasteiger partial charge in [-0.15, -0.1) is 0 Å². The molecule has 1 heterocycles. The third-order valence-corrected chi connectivity index (χ3v) is 3.04. The topological polar surface area (TPSA) is 86.5 Å². The number of anilines is 1. The quantitative estimate of drug-likeness (QED) is 0.784. The van der Waals surface area contributed by atoms with E-state index in [1.807, 2.05) is 26.0 Å². The molecule has 0 spiro atoms. The number of nitrogens with one attached hydrogen (secondary N) is 1. The Balaban J connectivity index is 1.93. The lowest BCUT2D eigenvalue weighted by molar-refractivity contribution is -0.142. The Kier molecular flexibility index (Phi) is 5.35. The van der Waals surface area contributed by atoms with Crippen molar-refractivity contribution in [1.82, 2.24) is 10.1 Å². The second-order valence-corrected chi connectivity index (χ2v) is 4.65. The Hall–Kier alpha value is -2.57. The molecule has 1 aromatic heterocycles. The van der Waals surface area contributed by atoms with Crippen LogP contribution in [0.15, 0.2) is 22.7 Å². The van der Waals surface area contributed by atoms with Gasteiger partial charge in [-0.1, -0.05) is 12.1 Å². The van der Waals surface area contributed by atoms with E-state index >= 15 is 0 Å². The molecule has 7 nitrogen and oxygen atoms in total. The van der Waals surface area contributed by atoms with Gasteiger partial charge in [0, 0.05) is 12.1 Å². The Morgan fingerprint density at radius 2 is 2.23 bits per heavy atom. The van der Waals surface area contributed by atoms with Crippen molar-refractivity contribution in [3.05, 3.63) is 35.5 Å². The summed E-state index contributed by atoms with van der Waals surface area (Å²) in [4.78, 5) is 15.3. The molecule has 0 atom stereocenters. The fourth-order valence-corrected chi connectivity index (χ4v) is 1.80. The molecule has 2 aromatic rings. The number of ether oxygens (including phenoxy) is 2. The van der Waals surface area contributed by atoms with Gasteiger partial charge in [0.05, 0.1) is 13.7 Å². The summed E-state index contributed by atoms with van der Waals surface area (Å²) in [5.74, 6) is 1.44. The number of aryl methyl sites for hydroxylation is 2. The number of hydrogen-bond acceptors (Lipinski definition) is 7. The first-order chi connectivity index (χ1) is 10.6. The normalized spacial score (nSPS) is 10.3. The summed E-state index contributed by atoms with van der Waals surface area (Å²) < 4.78 is 15.0. The van der Waals surface area contributed by atoms with Crippen LogP contribution in [0.25, 0.3) is 0 Å². The van der Waals surface area contributed by atoms with Crippen molar-refractivity contribution in [2.24, 2.45) is 0 Å². The lowest BCUT2D eigenvalue weighted by Gasteiger charge is -2.10. The van der Waals surface area contributed by atoms with E-state index in [-0.39, 0.29) is 6.61 Å². The van der Waals surface area contributed by atoms with E-state index in [2.05, 4.69) is 20.2 Å². The molecular weight excluding hydrogens is 286 g/mol. The van der Waals surface area contributed by atoms with Crippen molar-refractivity contribution in [2.45, 2.75) is 26.8 Å². The lowest BCUT2D eigenvalue weighted by Crippen LogP contribution is -2.12. The van der Waals surface area contributed by atoms with Gasteiger partial charge in [0.15, 0.2) is 12.4 Å². The Morgan fingerprint density at radius 3 is 2.86 bits per heavy atom. The van der Waals surface area contributed by atoms with Gasteiger partial charge in [-0.25, -0.2) is 4.79 Å². The van der Waals surface area contributed by atoms with Crippen LogP contribution in [0.3, 0.4) is 0 Å². The van der Waals surface area contributed by atoms with Crippen LogP contribution in [0.5, 0.6) is 5.75 Å². The van der Waals surface area contributed by atoms with E-state index in [1.54, 1.807) is 6.07 Å². The number of methoxy groups -OCH3 is 1. The number of benzene rings is 1. The number of hydrogen-bond donors (Lipinski definition) is 1. The van der Waals surface area contributed by atoms with Crippen LogP contribution in [0.4, 0.5) is 5.69 Å². The van der Waals surface area contributed by atoms with Crippen LogP contribution in [-0.2, 0) is 22.5 Å². The van der Waals surface area contributed by atoms with E-state index in [0.717, 1.165) is 17.7 Å². The maximum Gasteiger partial charge on any atom is 0.343 e. The first-order valence-corrected chi connectivity index (χ1v) is 6.98. The standard InChI is InChI=1S/C15H19N3O4/c1-4-13-17-14(22-18-13)8-16-12-6-5-11(7-10(12)2)21-9-15(19)20-3/h5-7,16H,4,8-9H2,1-3H3. The third-order valence-electron chi connectivity index (χ3n) is 3.04. The molecule has 0 aliphatic heterocycles. The van der Waals surface area contributed by atoms with E-state index in [0.29, 0.717) is 24.0 Å². The molecule has 1 N–H and O–H groups in total. The zero-order valence-corrected chi connectivity index (χ0v) is 12.9. The minimum Gasteiger partial charge on any atom is -0.482 e. The average Bonchev–Trinajstić information content (AvgIpc) is 2.99. The highest BCUT2D eigenvalue weighted by atomic mass is 16.6. The van der Waals surface area contributed by atoms with Crippen LogP contribution < -0.4 is 10.1 Å². The van der Waals surface area contributed by atoms with Gasteiger partial charge in [0.1, 0.15) is 5.75 Å². The minimum absolute atomic E-state index is 0.107. The molecule has 118 valence electrons. The minimum atomic E-state index is -0.414. The molecule has 0 saturated heterocycles. The first-order valence-electron chi connectivity index (χ1n) is 6.98. The monoisotopic (exact) mass is 305 g/mol. The van der Waals surface area contributed by atoms with E-state index in [9.17, 15) is 4.79 Å². The first kappa shape index (κ1) is 15.8. The summed E-state index contributed by atoms with van der Waals surface area (Å²) >= 11 is 0. The van der Waals surface area contributed by atoms with Crippen molar-refractivity contribution >= 4 is 11.7 Å². The van der Waals surface area contributed by atoms with Gasteiger partial charge in [-0.2, -0.15) is 4.98 Å². The van der Waals surface area contributed by atoms with Crippen molar-refractivity contribution in [1.29, 1.82) is 0 Å². The highest BCUT2D eigenvalue weighted by molar-refractivity contribution is 5.71. The zero-order valence-electron chi connectivity index (χ0n) is 12.9. The average molecular weight is 305 g/mol. The fourth-order valence-electron chi connectivity index (χ4n) is 1.80. The summed E-state index contributed by atoms with van der Waals surface area (Å²) in [6, 6.07) is 5.50. The summed E-state index contributed by atoms with van der Waals surface area (Å²) in [5, 5.41) is 7.07. The van der Waals surface area contributed by atoms with Crippen LogP contribution >= 0.6 is 0 Å². The lowest BCUT2D eigenvalue weighted by atomic mass is 10.2.